The van der Waals surface area contributed by atoms with Crippen molar-refractivity contribution in [2.24, 2.45) is 5.92 Å². The van der Waals surface area contributed by atoms with Gasteiger partial charge in [-0.2, -0.15) is 0 Å². The first kappa shape index (κ1) is 20.7. The third kappa shape index (κ3) is 5.98. The van der Waals surface area contributed by atoms with Crippen LogP contribution in [0.4, 0.5) is 4.79 Å². The van der Waals surface area contributed by atoms with Gasteiger partial charge in [-0.3, -0.25) is 4.79 Å². The summed E-state index contributed by atoms with van der Waals surface area (Å²) in [4.78, 5) is 28.2. The van der Waals surface area contributed by atoms with Gasteiger partial charge in [0.15, 0.2) is 0 Å². The number of ether oxygens (including phenoxy) is 2. The Hall–Kier alpha value is -3.02. The average Bonchev–Trinajstić information content (AvgIpc) is 2.76. The number of benzene rings is 2. The van der Waals surface area contributed by atoms with E-state index in [1.165, 1.54) is 0 Å². The molecule has 1 heterocycles. The number of carbonyl (C=O) groups is 2. The molecule has 29 heavy (non-hydrogen) atoms. The Morgan fingerprint density at radius 1 is 0.897 bits per heavy atom. The molecule has 1 aliphatic heterocycles. The summed E-state index contributed by atoms with van der Waals surface area (Å²) in [6, 6.07) is 17.1. The van der Waals surface area contributed by atoms with E-state index in [4.69, 9.17) is 9.47 Å². The largest absolute Gasteiger partial charge is 0.489 e. The summed E-state index contributed by atoms with van der Waals surface area (Å²) in [6.07, 6.45) is -0.300. The molecule has 1 saturated heterocycles. The quantitative estimate of drug-likeness (QED) is 0.745. The number of carbonyl (C=O) groups excluding carboxylic acids is 2. The van der Waals surface area contributed by atoms with Crippen molar-refractivity contribution in [1.29, 1.82) is 0 Å². The van der Waals surface area contributed by atoms with Crippen LogP contribution in [-0.4, -0.2) is 54.6 Å². The molecule has 1 aliphatic rings. The van der Waals surface area contributed by atoms with E-state index in [1.54, 1.807) is 21.9 Å². The highest BCUT2D eigenvalue weighted by Gasteiger charge is 2.25. The lowest BCUT2D eigenvalue weighted by atomic mass is 10.1. The smallest absolute Gasteiger partial charge is 0.409 e. The first-order valence-corrected chi connectivity index (χ1v) is 10.0. The molecule has 0 spiro atoms. The molecule has 6 heteroatoms. The number of piperazine rings is 1. The third-order valence-corrected chi connectivity index (χ3v) is 4.71. The number of rotatable bonds is 6. The number of hydrogen-bond acceptors (Lipinski definition) is 4. The van der Waals surface area contributed by atoms with E-state index in [0.717, 1.165) is 11.3 Å². The number of hydrogen-bond donors (Lipinski definition) is 0. The maximum absolute atomic E-state index is 12.7. The van der Waals surface area contributed by atoms with Crippen molar-refractivity contribution < 1.29 is 19.1 Å². The normalized spacial score (nSPS) is 14.0. The predicted molar refractivity (Wildman–Crippen MR) is 111 cm³/mol. The highest BCUT2D eigenvalue weighted by molar-refractivity contribution is 5.94. The molecule has 0 N–H and O–H groups in total. The fourth-order valence-electron chi connectivity index (χ4n) is 3.04. The highest BCUT2D eigenvalue weighted by atomic mass is 16.6. The van der Waals surface area contributed by atoms with Crippen molar-refractivity contribution in [2.45, 2.75) is 20.5 Å². The van der Waals surface area contributed by atoms with Gasteiger partial charge < -0.3 is 19.3 Å². The van der Waals surface area contributed by atoms with Gasteiger partial charge in [0.1, 0.15) is 12.4 Å². The van der Waals surface area contributed by atoms with Gasteiger partial charge in [0, 0.05) is 31.7 Å². The van der Waals surface area contributed by atoms with E-state index in [2.05, 4.69) is 0 Å². The summed E-state index contributed by atoms with van der Waals surface area (Å²) in [5.74, 6) is 0.999. The third-order valence-electron chi connectivity index (χ3n) is 4.71. The fraction of sp³-hybridized carbons (Fsp3) is 0.391. The van der Waals surface area contributed by atoms with E-state index in [9.17, 15) is 9.59 Å². The maximum Gasteiger partial charge on any atom is 0.409 e. The molecule has 2 aromatic carbocycles. The van der Waals surface area contributed by atoms with Gasteiger partial charge >= 0.3 is 6.09 Å². The van der Waals surface area contributed by atoms with Gasteiger partial charge in [0.25, 0.3) is 5.91 Å². The highest BCUT2D eigenvalue weighted by Crippen LogP contribution is 2.16. The van der Waals surface area contributed by atoms with Crippen LogP contribution in [-0.2, 0) is 11.3 Å². The Bertz CT molecular complexity index is 797. The van der Waals surface area contributed by atoms with Crippen LogP contribution >= 0.6 is 0 Å². The molecule has 0 unspecified atom stereocenters. The van der Waals surface area contributed by atoms with Gasteiger partial charge in [-0.15, -0.1) is 0 Å². The van der Waals surface area contributed by atoms with Crippen LogP contribution in [0.5, 0.6) is 5.75 Å². The van der Waals surface area contributed by atoms with Crippen LogP contribution in [0.1, 0.15) is 29.8 Å². The van der Waals surface area contributed by atoms with Crippen molar-refractivity contribution >= 4 is 12.0 Å². The fourth-order valence-corrected chi connectivity index (χ4v) is 3.04. The minimum atomic E-state index is -0.300. The van der Waals surface area contributed by atoms with Crippen molar-refractivity contribution in [2.75, 3.05) is 32.8 Å². The summed E-state index contributed by atoms with van der Waals surface area (Å²) >= 11 is 0. The minimum absolute atomic E-state index is 0.0326. The van der Waals surface area contributed by atoms with Crippen LogP contribution in [0.25, 0.3) is 0 Å². The molecule has 2 amide bonds. The molecule has 2 aromatic rings. The zero-order valence-electron chi connectivity index (χ0n) is 17.0. The van der Waals surface area contributed by atoms with Crippen LogP contribution in [0.2, 0.25) is 0 Å². The maximum atomic E-state index is 12.7. The van der Waals surface area contributed by atoms with Crippen LogP contribution in [0.15, 0.2) is 54.6 Å². The first-order valence-electron chi connectivity index (χ1n) is 10.0. The molecule has 6 nitrogen and oxygen atoms in total. The second kappa shape index (κ2) is 9.96. The van der Waals surface area contributed by atoms with Crippen LogP contribution < -0.4 is 4.74 Å². The molecule has 0 bridgehead atoms. The molecule has 0 aliphatic carbocycles. The molecule has 0 aromatic heterocycles. The Balaban J connectivity index is 1.47. The molecule has 3 rings (SSSR count). The van der Waals surface area contributed by atoms with Crippen molar-refractivity contribution in [3.63, 3.8) is 0 Å². The summed E-state index contributed by atoms with van der Waals surface area (Å²) < 4.78 is 11.0. The van der Waals surface area contributed by atoms with E-state index >= 15 is 0 Å². The van der Waals surface area contributed by atoms with Gasteiger partial charge in [-0.25, -0.2) is 4.79 Å². The molecular formula is C23H28N2O4. The van der Waals surface area contributed by atoms with Crippen molar-refractivity contribution in [1.82, 2.24) is 9.80 Å². The Morgan fingerprint density at radius 2 is 1.52 bits per heavy atom. The van der Waals surface area contributed by atoms with Gasteiger partial charge in [0.2, 0.25) is 0 Å². The molecule has 1 fully saturated rings. The second-order valence-electron chi connectivity index (χ2n) is 7.55. The zero-order chi connectivity index (χ0) is 20.6. The standard InChI is InChI=1S/C23H28N2O4/c1-18(2)16-29-23(27)25-14-12-24(13-15-25)22(26)20-8-10-21(11-9-20)28-17-19-6-4-3-5-7-19/h3-11,18H,12-17H2,1-2H3. The summed E-state index contributed by atoms with van der Waals surface area (Å²) in [7, 11) is 0. The monoisotopic (exact) mass is 396 g/mol. The Kier molecular flexibility index (Phi) is 7.11. The topological polar surface area (TPSA) is 59.1 Å². The molecule has 154 valence electrons. The number of nitrogens with zero attached hydrogens (tertiary/aromatic N) is 2. The lowest BCUT2D eigenvalue weighted by Crippen LogP contribution is -2.50. The Morgan fingerprint density at radius 3 is 2.14 bits per heavy atom. The van der Waals surface area contributed by atoms with Crippen molar-refractivity contribution in [3.05, 3.63) is 65.7 Å². The van der Waals surface area contributed by atoms with E-state index in [0.29, 0.717) is 50.9 Å². The lowest BCUT2D eigenvalue weighted by Gasteiger charge is -2.34. The van der Waals surface area contributed by atoms with Crippen molar-refractivity contribution in [3.8, 4) is 5.75 Å². The summed E-state index contributed by atoms with van der Waals surface area (Å²) in [5.41, 5.74) is 1.71. The summed E-state index contributed by atoms with van der Waals surface area (Å²) in [5, 5.41) is 0. The van der Waals surface area contributed by atoms with E-state index in [1.807, 2.05) is 56.3 Å². The Labute approximate surface area is 172 Å². The minimum Gasteiger partial charge on any atom is -0.489 e. The van der Waals surface area contributed by atoms with Crippen LogP contribution in [0.3, 0.4) is 0 Å². The van der Waals surface area contributed by atoms with Gasteiger partial charge in [0.05, 0.1) is 6.61 Å². The summed E-state index contributed by atoms with van der Waals surface area (Å²) in [6.45, 7) is 6.88. The molecule has 0 saturated carbocycles. The second-order valence-corrected chi connectivity index (χ2v) is 7.55. The van der Waals surface area contributed by atoms with E-state index < -0.39 is 0 Å². The average molecular weight is 396 g/mol. The molecule has 0 radical (unpaired) electrons. The molecule has 0 atom stereocenters. The molecular weight excluding hydrogens is 368 g/mol. The first-order chi connectivity index (χ1) is 14.0. The van der Waals surface area contributed by atoms with Gasteiger partial charge in [-0.05, 0) is 35.7 Å². The lowest BCUT2D eigenvalue weighted by molar-refractivity contribution is 0.0535. The van der Waals surface area contributed by atoms with E-state index in [-0.39, 0.29) is 12.0 Å². The zero-order valence-corrected chi connectivity index (χ0v) is 17.0. The number of amides is 2. The van der Waals surface area contributed by atoms with Crippen LogP contribution in [0, 0.1) is 5.92 Å². The SMILES string of the molecule is CC(C)COC(=O)N1CCN(C(=O)c2ccc(OCc3ccccc3)cc2)CC1. The predicted octanol–water partition coefficient (Wildman–Crippen LogP) is 3.82. The van der Waals surface area contributed by atoms with Gasteiger partial charge in [-0.1, -0.05) is 44.2 Å².